The van der Waals surface area contributed by atoms with Gasteiger partial charge in [-0.1, -0.05) is 12.1 Å². The first-order valence-corrected chi connectivity index (χ1v) is 8.21. The second-order valence-electron chi connectivity index (χ2n) is 6.90. The molecule has 1 aromatic rings. The van der Waals surface area contributed by atoms with Crippen LogP contribution in [0.5, 0.6) is 0 Å². The van der Waals surface area contributed by atoms with Crippen molar-refractivity contribution < 1.29 is 9.18 Å². The molecule has 1 unspecified atom stereocenters. The van der Waals surface area contributed by atoms with Crippen LogP contribution in [0.2, 0.25) is 0 Å². The number of carbonyl (C=O) groups is 1. The fraction of sp³-hybridized carbons (Fsp3) is 0.556. The molecule has 5 heteroatoms. The number of nitrogens with one attached hydrogen (secondary N) is 1. The molecule has 0 heterocycles. The Balaban J connectivity index is 1.60. The molecule has 1 aromatic carbocycles. The third-order valence-corrected chi connectivity index (χ3v) is 4.73. The summed E-state index contributed by atoms with van der Waals surface area (Å²) >= 11 is 0. The molecule has 23 heavy (non-hydrogen) atoms. The van der Waals surface area contributed by atoms with E-state index in [9.17, 15) is 14.4 Å². The van der Waals surface area contributed by atoms with E-state index in [1.807, 2.05) is 6.92 Å². The van der Waals surface area contributed by atoms with Gasteiger partial charge >= 0.3 is 0 Å². The largest absolute Gasteiger partial charge is 0.337 e. The van der Waals surface area contributed by atoms with Gasteiger partial charge in [0, 0.05) is 12.6 Å². The fourth-order valence-corrected chi connectivity index (χ4v) is 2.97. The van der Waals surface area contributed by atoms with Crippen LogP contribution in [0.4, 0.5) is 4.39 Å². The van der Waals surface area contributed by atoms with E-state index in [2.05, 4.69) is 16.3 Å². The summed E-state index contributed by atoms with van der Waals surface area (Å²) in [5.74, 6) is -0.0726. The van der Waals surface area contributed by atoms with Crippen LogP contribution in [-0.2, 0) is 11.3 Å². The highest BCUT2D eigenvalue weighted by molar-refractivity contribution is 5.79. The first kappa shape index (κ1) is 15.9. The van der Waals surface area contributed by atoms with Crippen molar-refractivity contribution in [1.82, 2.24) is 10.2 Å². The number of rotatable bonds is 7. The fourth-order valence-electron chi connectivity index (χ4n) is 2.97. The van der Waals surface area contributed by atoms with Crippen molar-refractivity contribution in [3.8, 4) is 6.07 Å². The zero-order chi connectivity index (χ0) is 16.4. The third-order valence-electron chi connectivity index (χ3n) is 4.73. The predicted molar refractivity (Wildman–Crippen MR) is 84.7 cm³/mol. The Bertz CT molecular complexity index is 616. The van der Waals surface area contributed by atoms with E-state index in [1.54, 1.807) is 12.1 Å². The molecule has 0 radical (unpaired) electrons. The monoisotopic (exact) mass is 315 g/mol. The molecule has 0 saturated heterocycles. The van der Waals surface area contributed by atoms with Gasteiger partial charge in [0.05, 0.1) is 12.6 Å². The molecule has 1 amide bonds. The second-order valence-corrected chi connectivity index (χ2v) is 6.90. The van der Waals surface area contributed by atoms with Crippen LogP contribution < -0.4 is 5.32 Å². The maximum atomic E-state index is 13.0. The summed E-state index contributed by atoms with van der Waals surface area (Å²) in [6, 6.07) is 9.07. The van der Waals surface area contributed by atoms with Crippen molar-refractivity contribution in [2.45, 2.75) is 50.7 Å². The van der Waals surface area contributed by atoms with E-state index < -0.39 is 5.54 Å². The van der Waals surface area contributed by atoms with Crippen molar-refractivity contribution in [2.24, 2.45) is 5.92 Å². The lowest BCUT2D eigenvalue weighted by Crippen LogP contribution is -2.50. The van der Waals surface area contributed by atoms with Gasteiger partial charge in [-0.2, -0.15) is 5.26 Å². The summed E-state index contributed by atoms with van der Waals surface area (Å²) in [7, 11) is 0. The Morgan fingerprint density at radius 3 is 2.52 bits per heavy atom. The number of nitriles is 1. The average Bonchev–Trinajstić information content (AvgIpc) is 3.41. The number of amides is 1. The van der Waals surface area contributed by atoms with Crippen LogP contribution in [0.1, 0.15) is 38.2 Å². The predicted octanol–water partition coefficient (Wildman–Crippen LogP) is 2.60. The lowest BCUT2D eigenvalue weighted by Gasteiger charge is -2.26. The Kier molecular flexibility index (Phi) is 4.36. The maximum Gasteiger partial charge on any atom is 0.235 e. The summed E-state index contributed by atoms with van der Waals surface area (Å²) in [5.41, 5.74) is 0.249. The van der Waals surface area contributed by atoms with E-state index in [1.165, 1.54) is 12.1 Å². The minimum Gasteiger partial charge on any atom is -0.337 e. The van der Waals surface area contributed by atoms with Crippen molar-refractivity contribution in [2.75, 3.05) is 6.54 Å². The highest BCUT2D eigenvalue weighted by Crippen LogP contribution is 2.39. The number of hydrogen-bond donors (Lipinski definition) is 1. The van der Waals surface area contributed by atoms with Gasteiger partial charge in [-0.05, 0) is 56.2 Å². The molecule has 2 fully saturated rings. The quantitative estimate of drug-likeness (QED) is 0.841. The molecule has 1 N–H and O–H groups in total. The minimum atomic E-state index is -0.748. The van der Waals surface area contributed by atoms with Crippen molar-refractivity contribution in [3.63, 3.8) is 0 Å². The van der Waals surface area contributed by atoms with Gasteiger partial charge in [0.1, 0.15) is 11.4 Å². The van der Waals surface area contributed by atoms with Crippen LogP contribution in [0.3, 0.4) is 0 Å². The number of nitrogens with zero attached hydrogens (tertiary/aromatic N) is 2. The molecule has 0 spiro atoms. The number of halogens is 1. The second kappa shape index (κ2) is 6.29. The summed E-state index contributed by atoms with van der Waals surface area (Å²) in [4.78, 5) is 14.5. The van der Waals surface area contributed by atoms with Crippen molar-refractivity contribution in [1.29, 1.82) is 5.26 Å². The number of benzene rings is 1. The number of carbonyl (C=O) groups excluding carboxylic acids is 1. The van der Waals surface area contributed by atoms with E-state index in [4.69, 9.17) is 0 Å². The summed E-state index contributed by atoms with van der Waals surface area (Å²) < 4.78 is 13.0. The van der Waals surface area contributed by atoms with Crippen LogP contribution in [0, 0.1) is 23.1 Å². The molecular weight excluding hydrogens is 293 g/mol. The van der Waals surface area contributed by atoms with Crippen LogP contribution in [0.25, 0.3) is 0 Å². The lowest BCUT2D eigenvalue weighted by atomic mass is 9.98. The van der Waals surface area contributed by atoms with Gasteiger partial charge in [0.25, 0.3) is 0 Å². The van der Waals surface area contributed by atoms with E-state index in [0.717, 1.165) is 31.2 Å². The molecule has 4 nitrogen and oxygen atoms in total. The van der Waals surface area contributed by atoms with E-state index in [0.29, 0.717) is 12.6 Å². The lowest BCUT2D eigenvalue weighted by molar-refractivity contribution is -0.124. The molecule has 0 bridgehead atoms. The standard InChI is InChI=1S/C18H22FN3O/c1-18(12-20,14-4-5-14)21-17(23)11-22(16-8-9-16)10-13-2-6-15(19)7-3-13/h2-3,6-7,14,16H,4-5,8-11H2,1H3,(H,21,23). The Hall–Kier alpha value is -1.93. The molecular formula is C18H22FN3O. The normalized spacial score (nSPS) is 19.9. The highest BCUT2D eigenvalue weighted by Gasteiger charge is 2.43. The van der Waals surface area contributed by atoms with Gasteiger partial charge < -0.3 is 5.32 Å². The highest BCUT2D eigenvalue weighted by atomic mass is 19.1. The van der Waals surface area contributed by atoms with Crippen LogP contribution in [0.15, 0.2) is 24.3 Å². The Morgan fingerprint density at radius 1 is 1.35 bits per heavy atom. The Morgan fingerprint density at radius 2 is 2.00 bits per heavy atom. The molecule has 2 aliphatic carbocycles. The van der Waals surface area contributed by atoms with Crippen LogP contribution in [-0.4, -0.2) is 28.9 Å². The van der Waals surface area contributed by atoms with Gasteiger partial charge in [-0.3, -0.25) is 9.69 Å². The topological polar surface area (TPSA) is 56.1 Å². The van der Waals surface area contributed by atoms with Crippen LogP contribution >= 0.6 is 0 Å². The summed E-state index contributed by atoms with van der Waals surface area (Å²) in [6.07, 6.45) is 4.19. The van der Waals surface area contributed by atoms with E-state index in [-0.39, 0.29) is 24.2 Å². The summed E-state index contributed by atoms with van der Waals surface area (Å²) in [5, 5.41) is 12.3. The first-order valence-electron chi connectivity index (χ1n) is 8.21. The first-order chi connectivity index (χ1) is 11.0. The van der Waals surface area contributed by atoms with Crippen molar-refractivity contribution in [3.05, 3.63) is 35.6 Å². The molecule has 2 saturated carbocycles. The van der Waals surface area contributed by atoms with Crippen molar-refractivity contribution >= 4 is 5.91 Å². The molecule has 2 aliphatic rings. The van der Waals surface area contributed by atoms with Gasteiger partial charge in [-0.15, -0.1) is 0 Å². The number of hydrogen-bond acceptors (Lipinski definition) is 3. The maximum absolute atomic E-state index is 13.0. The zero-order valence-corrected chi connectivity index (χ0v) is 13.4. The molecule has 0 aromatic heterocycles. The van der Waals surface area contributed by atoms with E-state index >= 15 is 0 Å². The van der Waals surface area contributed by atoms with Gasteiger partial charge in [-0.25, -0.2) is 4.39 Å². The summed E-state index contributed by atoms with van der Waals surface area (Å²) in [6.45, 7) is 2.72. The minimum absolute atomic E-state index is 0.102. The SMILES string of the molecule is CC(C#N)(NC(=O)CN(Cc1ccc(F)cc1)C1CC1)C1CC1. The average molecular weight is 315 g/mol. The molecule has 1 atom stereocenters. The smallest absolute Gasteiger partial charge is 0.235 e. The zero-order valence-electron chi connectivity index (χ0n) is 13.4. The molecule has 122 valence electrons. The Labute approximate surface area is 136 Å². The molecule has 3 rings (SSSR count). The van der Waals surface area contributed by atoms with Gasteiger partial charge in [0.2, 0.25) is 5.91 Å². The third kappa shape index (κ3) is 4.08. The molecule has 0 aliphatic heterocycles. The van der Waals surface area contributed by atoms with Gasteiger partial charge in [0.15, 0.2) is 0 Å².